The Morgan fingerprint density at radius 1 is 1.04 bits per heavy atom. The summed E-state index contributed by atoms with van der Waals surface area (Å²) in [6.45, 7) is 2.89. The molecule has 0 aromatic heterocycles. The van der Waals surface area contributed by atoms with E-state index in [-0.39, 0.29) is 26.3 Å². The lowest BCUT2D eigenvalue weighted by molar-refractivity contribution is -0.141. The fraction of sp³-hybridized carbons (Fsp3) is 0.467. The van der Waals surface area contributed by atoms with Gasteiger partial charge in [0.15, 0.2) is 0 Å². The molecule has 1 aromatic carbocycles. The summed E-state index contributed by atoms with van der Waals surface area (Å²) >= 11 is 0. The number of benzene rings is 1. The maximum Gasteiger partial charge on any atom is 0.416 e. The molecular weight excluding hydrogens is 315 g/mol. The van der Waals surface area contributed by atoms with E-state index in [1.807, 2.05) is 0 Å². The third-order valence-electron chi connectivity index (χ3n) is 2.87. The standard InChI is InChI=1S/C15H18F3NO4/c1-11(20)22-8-6-19(7-9-23-12(2)21)14-5-3-4-13(10-14)15(16,17)18/h3-5,10H,6-9H2,1-2H3. The number of nitrogens with zero attached hydrogens (tertiary/aromatic N) is 1. The molecule has 0 spiro atoms. The average molecular weight is 333 g/mol. The highest BCUT2D eigenvalue weighted by Crippen LogP contribution is 2.31. The van der Waals surface area contributed by atoms with Crippen molar-refractivity contribution in [3.63, 3.8) is 0 Å². The molecule has 0 aliphatic heterocycles. The zero-order valence-electron chi connectivity index (χ0n) is 12.9. The Morgan fingerprint density at radius 2 is 1.57 bits per heavy atom. The molecule has 0 aliphatic carbocycles. The van der Waals surface area contributed by atoms with Gasteiger partial charge in [0, 0.05) is 19.5 Å². The molecule has 1 aromatic rings. The number of ether oxygens (including phenoxy) is 2. The quantitative estimate of drug-likeness (QED) is 0.718. The molecule has 0 saturated heterocycles. The highest BCUT2D eigenvalue weighted by atomic mass is 19.4. The fourth-order valence-corrected chi connectivity index (χ4v) is 1.85. The number of rotatable bonds is 7. The number of hydrogen-bond acceptors (Lipinski definition) is 5. The second-order valence-electron chi connectivity index (χ2n) is 4.72. The minimum Gasteiger partial charge on any atom is -0.464 e. The molecule has 5 nitrogen and oxygen atoms in total. The summed E-state index contributed by atoms with van der Waals surface area (Å²) in [7, 11) is 0. The number of carbonyl (C=O) groups is 2. The van der Waals surface area contributed by atoms with E-state index in [1.54, 1.807) is 4.90 Å². The van der Waals surface area contributed by atoms with Crippen molar-refractivity contribution in [3.05, 3.63) is 29.8 Å². The first-order chi connectivity index (χ1) is 10.7. The van der Waals surface area contributed by atoms with Gasteiger partial charge in [-0.15, -0.1) is 0 Å². The molecule has 0 aliphatic rings. The van der Waals surface area contributed by atoms with Crippen LogP contribution in [0.3, 0.4) is 0 Å². The van der Waals surface area contributed by atoms with Gasteiger partial charge < -0.3 is 14.4 Å². The second kappa shape index (κ2) is 8.40. The van der Waals surface area contributed by atoms with Crippen molar-refractivity contribution < 1.29 is 32.2 Å². The van der Waals surface area contributed by atoms with Crippen LogP contribution in [0.5, 0.6) is 0 Å². The van der Waals surface area contributed by atoms with Crippen LogP contribution in [0, 0.1) is 0 Å². The van der Waals surface area contributed by atoms with Crippen molar-refractivity contribution in [2.24, 2.45) is 0 Å². The van der Waals surface area contributed by atoms with Crippen molar-refractivity contribution in [3.8, 4) is 0 Å². The zero-order chi connectivity index (χ0) is 17.5. The lowest BCUT2D eigenvalue weighted by atomic mass is 10.2. The number of esters is 2. The van der Waals surface area contributed by atoms with Gasteiger partial charge in [-0.2, -0.15) is 13.2 Å². The van der Waals surface area contributed by atoms with E-state index in [0.29, 0.717) is 5.69 Å². The van der Waals surface area contributed by atoms with Crippen LogP contribution in [-0.2, 0) is 25.2 Å². The molecular formula is C15H18F3NO4. The van der Waals surface area contributed by atoms with E-state index < -0.39 is 23.7 Å². The number of halogens is 3. The topological polar surface area (TPSA) is 55.8 Å². The van der Waals surface area contributed by atoms with Crippen LogP contribution in [0.1, 0.15) is 19.4 Å². The van der Waals surface area contributed by atoms with E-state index in [1.165, 1.54) is 26.0 Å². The Morgan fingerprint density at radius 3 is 2.00 bits per heavy atom. The van der Waals surface area contributed by atoms with Gasteiger partial charge in [0.25, 0.3) is 0 Å². The maximum atomic E-state index is 12.8. The Kier molecular flexibility index (Phi) is 6.87. The van der Waals surface area contributed by atoms with E-state index in [9.17, 15) is 22.8 Å². The van der Waals surface area contributed by atoms with Crippen LogP contribution in [0.15, 0.2) is 24.3 Å². The lowest BCUT2D eigenvalue weighted by Crippen LogP contribution is -2.32. The van der Waals surface area contributed by atoms with Crippen LogP contribution in [0.4, 0.5) is 18.9 Å². The van der Waals surface area contributed by atoms with Crippen molar-refractivity contribution in [1.29, 1.82) is 0 Å². The average Bonchev–Trinajstić information content (AvgIpc) is 2.44. The molecule has 0 amide bonds. The van der Waals surface area contributed by atoms with Crippen molar-refractivity contribution >= 4 is 17.6 Å². The van der Waals surface area contributed by atoms with E-state index in [4.69, 9.17) is 9.47 Å². The van der Waals surface area contributed by atoms with E-state index in [2.05, 4.69) is 0 Å². The predicted molar refractivity (Wildman–Crippen MR) is 76.9 cm³/mol. The third-order valence-corrected chi connectivity index (χ3v) is 2.87. The normalized spacial score (nSPS) is 11.0. The molecule has 0 N–H and O–H groups in total. The summed E-state index contributed by atoms with van der Waals surface area (Å²) in [4.78, 5) is 23.1. The van der Waals surface area contributed by atoms with Crippen molar-refractivity contribution in [1.82, 2.24) is 0 Å². The highest BCUT2D eigenvalue weighted by molar-refractivity contribution is 5.66. The highest BCUT2D eigenvalue weighted by Gasteiger charge is 2.30. The molecule has 128 valence electrons. The molecule has 0 radical (unpaired) electrons. The molecule has 1 rings (SSSR count). The second-order valence-corrected chi connectivity index (χ2v) is 4.72. The SMILES string of the molecule is CC(=O)OCCN(CCOC(C)=O)c1cccc(C(F)(F)F)c1. The minimum atomic E-state index is -4.45. The molecule has 23 heavy (non-hydrogen) atoms. The summed E-state index contributed by atoms with van der Waals surface area (Å²) in [5.74, 6) is -0.956. The molecule has 0 unspecified atom stereocenters. The van der Waals surface area contributed by atoms with Gasteiger partial charge in [-0.05, 0) is 18.2 Å². The zero-order valence-corrected chi connectivity index (χ0v) is 12.9. The summed E-state index contributed by atoms with van der Waals surface area (Å²) in [6, 6.07) is 4.78. The van der Waals surface area contributed by atoms with Crippen molar-refractivity contribution in [2.75, 3.05) is 31.2 Å². The first-order valence-corrected chi connectivity index (χ1v) is 6.89. The van der Waals surface area contributed by atoms with E-state index in [0.717, 1.165) is 12.1 Å². The van der Waals surface area contributed by atoms with Gasteiger partial charge >= 0.3 is 18.1 Å². The van der Waals surface area contributed by atoms with Gasteiger partial charge in [-0.25, -0.2) is 0 Å². The molecule has 0 atom stereocenters. The van der Waals surface area contributed by atoms with Gasteiger partial charge in [-0.3, -0.25) is 9.59 Å². The van der Waals surface area contributed by atoms with Crippen LogP contribution >= 0.6 is 0 Å². The number of anilines is 1. The summed E-state index contributed by atoms with van der Waals surface area (Å²) in [5, 5.41) is 0. The number of alkyl halides is 3. The maximum absolute atomic E-state index is 12.8. The lowest BCUT2D eigenvalue weighted by Gasteiger charge is -2.25. The Bertz CT molecular complexity index is 526. The van der Waals surface area contributed by atoms with Crippen LogP contribution in [-0.4, -0.2) is 38.2 Å². The summed E-state index contributed by atoms with van der Waals surface area (Å²) < 4.78 is 48.0. The van der Waals surface area contributed by atoms with Crippen LogP contribution in [0.25, 0.3) is 0 Å². The van der Waals surface area contributed by atoms with E-state index >= 15 is 0 Å². The monoisotopic (exact) mass is 333 g/mol. The van der Waals surface area contributed by atoms with Gasteiger partial charge in [-0.1, -0.05) is 6.07 Å². The minimum absolute atomic E-state index is 0.0195. The predicted octanol–water partition coefficient (Wildman–Crippen LogP) is 2.64. The molecule has 0 heterocycles. The molecule has 0 bridgehead atoms. The van der Waals surface area contributed by atoms with Crippen molar-refractivity contribution in [2.45, 2.75) is 20.0 Å². The van der Waals surface area contributed by atoms with Crippen LogP contribution < -0.4 is 4.90 Å². The van der Waals surface area contributed by atoms with Gasteiger partial charge in [0.2, 0.25) is 0 Å². The Labute approximate surface area is 132 Å². The largest absolute Gasteiger partial charge is 0.464 e. The fourth-order valence-electron chi connectivity index (χ4n) is 1.85. The molecule has 8 heteroatoms. The third kappa shape index (κ3) is 7.03. The van der Waals surface area contributed by atoms with Gasteiger partial charge in [0.1, 0.15) is 13.2 Å². The molecule has 0 saturated carbocycles. The Hall–Kier alpha value is -2.25. The number of hydrogen-bond donors (Lipinski definition) is 0. The Balaban J connectivity index is 2.84. The molecule has 0 fully saturated rings. The smallest absolute Gasteiger partial charge is 0.416 e. The number of carbonyl (C=O) groups excluding carboxylic acids is 2. The first kappa shape index (κ1) is 18.8. The first-order valence-electron chi connectivity index (χ1n) is 6.89. The van der Waals surface area contributed by atoms with Gasteiger partial charge in [0.05, 0.1) is 18.7 Å². The summed E-state index contributed by atoms with van der Waals surface area (Å²) in [5.41, 5.74) is -0.473. The van der Waals surface area contributed by atoms with Crippen LogP contribution in [0.2, 0.25) is 0 Å². The summed E-state index contributed by atoms with van der Waals surface area (Å²) in [6.07, 6.45) is -4.45.